The van der Waals surface area contributed by atoms with Crippen molar-refractivity contribution in [3.63, 3.8) is 0 Å². The zero-order valence-electron chi connectivity index (χ0n) is 11.4. The smallest absolute Gasteiger partial charge is 0.0696 e. The molecular formula is C18H17Si. The number of hydrogen-bond acceptors (Lipinski definition) is 0. The van der Waals surface area contributed by atoms with Crippen molar-refractivity contribution >= 4 is 20.1 Å². The van der Waals surface area contributed by atoms with Gasteiger partial charge in [-0.15, -0.1) is 0 Å². The van der Waals surface area contributed by atoms with Crippen molar-refractivity contribution in [3.05, 3.63) is 71.8 Å². The second kappa shape index (κ2) is 6.77. The molecule has 0 spiro atoms. The summed E-state index contributed by atoms with van der Waals surface area (Å²) in [5.41, 5.74) is 2.35. The summed E-state index contributed by atoms with van der Waals surface area (Å²) in [6.07, 6.45) is 4.06. The Bertz CT molecular complexity index is 613. The van der Waals surface area contributed by atoms with Gasteiger partial charge in [0.05, 0.1) is 8.80 Å². The van der Waals surface area contributed by atoms with Crippen LogP contribution in [0.5, 0.6) is 0 Å². The van der Waals surface area contributed by atoms with E-state index in [0.717, 1.165) is 5.56 Å². The highest BCUT2D eigenvalue weighted by atomic mass is 28.3. The van der Waals surface area contributed by atoms with Gasteiger partial charge in [-0.1, -0.05) is 72.6 Å². The molecule has 2 aromatic carbocycles. The molecule has 0 saturated carbocycles. The van der Waals surface area contributed by atoms with E-state index >= 15 is 0 Å². The summed E-state index contributed by atoms with van der Waals surface area (Å²) in [5, 5.41) is 1.46. The Kier molecular flexibility index (Phi) is 4.77. The average molecular weight is 261 g/mol. The molecule has 0 nitrogen and oxygen atoms in total. The standard InChI is InChI=1S/C18H17Si/c1-19(2)18-15-9-8-14-17(18)13-7-6-12-16-10-4-3-5-11-16/h3-5,7-11,13-15H,1-2H3/b13-7-. The Hall–Kier alpha value is -2.04. The van der Waals surface area contributed by atoms with Crippen LogP contribution in [0.2, 0.25) is 13.1 Å². The maximum atomic E-state index is 3.14. The van der Waals surface area contributed by atoms with Crippen LogP contribution in [0.25, 0.3) is 6.08 Å². The maximum absolute atomic E-state index is 3.14. The number of rotatable bonds is 2. The van der Waals surface area contributed by atoms with E-state index in [1.807, 2.05) is 36.4 Å². The molecule has 1 heteroatoms. The van der Waals surface area contributed by atoms with Crippen LogP contribution in [0, 0.1) is 11.8 Å². The minimum Gasteiger partial charge on any atom is -0.0696 e. The van der Waals surface area contributed by atoms with Gasteiger partial charge in [0.1, 0.15) is 0 Å². The van der Waals surface area contributed by atoms with Gasteiger partial charge in [-0.2, -0.15) is 0 Å². The van der Waals surface area contributed by atoms with Crippen molar-refractivity contribution in [2.75, 3.05) is 0 Å². The average Bonchev–Trinajstić information content (AvgIpc) is 2.45. The number of benzene rings is 2. The van der Waals surface area contributed by atoms with Crippen LogP contribution >= 0.6 is 0 Å². The summed E-state index contributed by atoms with van der Waals surface area (Å²) < 4.78 is 0. The van der Waals surface area contributed by atoms with E-state index in [0.29, 0.717) is 0 Å². The first-order chi connectivity index (χ1) is 9.27. The van der Waals surface area contributed by atoms with Crippen LogP contribution in [-0.4, -0.2) is 8.80 Å². The molecule has 0 heterocycles. The molecular weight excluding hydrogens is 244 g/mol. The lowest BCUT2D eigenvalue weighted by atomic mass is 10.2. The first-order valence-corrected chi connectivity index (χ1v) is 8.90. The SMILES string of the molecule is C[Si](C)c1ccccc1/C=C\C#Cc1ccccc1. The topological polar surface area (TPSA) is 0 Å². The van der Waals surface area contributed by atoms with Crippen molar-refractivity contribution in [3.8, 4) is 11.8 Å². The van der Waals surface area contributed by atoms with Crippen LogP contribution in [0.15, 0.2) is 60.7 Å². The van der Waals surface area contributed by atoms with Crippen molar-refractivity contribution < 1.29 is 0 Å². The summed E-state index contributed by atoms with van der Waals surface area (Å²) in [4.78, 5) is 0. The Morgan fingerprint density at radius 3 is 2.32 bits per heavy atom. The molecule has 2 aromatic rings. The molecule has 93 valence electrons. The van der Waals surface area contributed by atoms with Crippen LogP contribution in [-0.2, 0) is 0 Å². The molecule has 2 rings (SSSR count). The third-order valence-electron chi connectivity index (χ3n) is 2.84. The lowest BCUT2D eigenvalue weighted by molar-refractivity contribution is 1.65. The molecule has 19 heavy (non-hydrogen) atoms. The second-order valence-electron chi connectivity index (χ2n) is 4.56. The van der Waals surface area contributed by atoms with Gasteiger partial charge in [0.15, 0.2) is 0 Å². The lowest BCUT2D eigenvalue weighted by Gasteiger charge is -2.06. The van der Waals surface area contributed by atoms with Gasteiger partial charge in [-0.05, 0) is 29.8 Å². The van der Waals surface area contributed by atoms with Crippen molar-refractivity contribution in [2.24, 2.45) is 0 Å². The fraction of sp³-hybridized carbons (Fsp3) is 0.111. The molecule has 0 aliphatic carbocycles. The molecule has 0 bridgehead atoms. The van der Waals surface area contributed by atoms with Gasteiger partial charge >= 0.3 is 0 Å². The first kappa shape index (κ1) is 13.4. The Labute approximate surface area is 117 Å². The molecule has 0 aliphatic rings. The molecule has 0 fully saturated rings. The fourth-order valence-electron chi connectivity index (χ4n) is 1.88. The van der Waals surface area contributed by atoms with E-state index in [2.05, 4.69) is 55.3 Å². The Balaban J connectivity index is 2.14. The summed E-state index contributed by atoms with van der Waals surface area (Å²) in [7, 11) is -0.430. The van der Waals surface area contributed by atoms with E-state index in [9.17, 15) is 0 Å². The predicted molar refractivity (Wildman–Crippen MR) is 85.9 cm³/mol. The highest BCUT2D eigenvalue weighted by Crippen LogP contribution is 2.01. The Morgan fingerprint density at radius 2 is 1.58 bits per heavy atom. The van der Waals surface area contributed by atoms with Crippen molar-refractivity contribution in [2.45, 2.75) is 13.1 Å². The Morgan fingerprint density at radius 1 is 0.895 bits per heavy atom. The molecule has 0 amide bonds. The van der Waals surface area contributed by atoms with Crippen LogP contribution in [0.1, 0.15) is 11.1 Å². The van der Waals surface area contributed by atoms with Gasteiger partial charge in [-0.3, -0.25) is 0 Å². The molecule has 0 saturated heterocycles. The molecule has 1 radical (unpaired) electrons. The highest BCUT2D eigenvalue weighted by Gasteiger charge is 2.03. The van der Waals surface area contributed by atoms with E-state index in [-0.39, 0.29) is 0 Å². The highest BCUT2D eigenvalue weighted by molar-refractivity contribution is 6.71. The normalized spacial score (nSPS) is 10.5. The van der Waals surface area contributed by atoms with Crippen LogP contribution in [0.3, 0.4) is 0 Å². The quantitative estimate of drug-likeness (QED) is 0.571. The molecule has 0 aliphatic heterocycles. The third-order valence-corrected chi connectivity index (χ3v) is 4.37. The molecule has 0 unspecified atom stereocenters. The van der Waals surface area contributed by atoms with Gasteiger partial charge in [0.25, 0.3) is 0 Å². The number of hydrogen-bond donors (Lipinski definition) is 0. The molecule has 0 atom stereocenters. The van der Waals surface area contributed by atoms with E-state index in [1.54, 1.807) is 0 Å². The monoisotopic (exact) mass is 261 g/mol. The van der Waals surface area contributed by atoms with Crippen LogP contribution < -0.4 is 5.19 Å². The maximum Gasteiger partial charge on any atom is 0.0799 e. The largest absolute Gasteiger partial charge is 0.0799 e. The first-order valence-electron chi connectivity index (χ1n) is 6.40. The van der Waals surface area contributed by atoms with Crippen molar-refractivity contribution in [1.29, 1.82) is 0 Å². The second-order valence-corrected chi connectivity index (χ2v) is 7.09. The van der Waals surface area contributed by atoms with Gasteiger partial charge < -0.3 is 0 Å². The minimum absolute atomic E-state index is 0.430. The van der Waals surface area contributed by atoms with Gasteiger partial charge in [-0.25, -0.2) is 0 Å². The van der Waals surface area contributed by atoms with Gasteiger partial charge in [0.2, 0.25) is 0 Å². The van der Waals surface area contributed by atoms with Crippen molar-refractivity contribution in [1.82, 2.24) is 0 Å². The molecule has 0 aromatic heterocycles. The fourth-order valence-corrected chi connectivity index (χ4v) is 3.05. The molecule has 0 N–H and O–H groups in total. The summed E-state index contributed by atoms with van der Waals surface area (Å²) in [6, 6.07) is 18.6. The predicted octanol–water partition coefficient (Wildman–Crippen LogP) is 3.71. The van der Waals surface area contributed by atoms with Crippen LogP contribution in [0.4, 0.5) is 0 Å². The van der Waals surface area contributed by atoms with E-state index < -0.39 is 8.80 Å². The van der Waals surface area contributed by atoms with E-state index in [1.165, 1.54) is 10.8 Å². The van der Waals surface area contributed by atoms with E-state index in [4.69, 9.17) is 0 Å². The summed E-state index contributed by atoms with van der Waals surface area (Å²) in [6.45, 7) is 4.62. The zero-order chi connectivity index (χ0) is 13.5. The minimum atomic E-state index is -0.430. The van der Waals surface area contributed by atoms with Gasteiger partial charge in [0, 0.05) is 5.56 Å². The summed E-state index contributed by atoms with van der Waals surface area (Å²) in [5.74, 6) is 6.23. The summed E-state index contributed by atoms with van der Waals surface area (Å²) >= 11 is 0. The zero-order valence-corrected chi connectivity index (χ0v) is 12.4. The third kappa shape index (κ3) is 3.98. The lowest BCUT2D eigenvalue weighted by Crippen LogP contribution is -2.24. The number of allylic oxidation sites excluding steroid dienone is 1.